The van der Waals surface area contributed by atoms with Crippen LogP contribution in [0.1, 0.15) is 25.7 Å². The second-order valence-corrected chi connectivity index (χ2v) is 4.08. The predicted octanol–water partition coefficient (Wildman–Crippen LogP) is 1.97. The van der Waals surface area contributed by atoms with Crippen LogP contribution in [0.5, 0.6) is 0 Å². The molecule has 0 unspecified atom stereocenters. The summed E-state index contributed by atoms with van der Waals surface area (Å²) in [6, 6.07) is 0. The van der Waals surface area contributed by atoms with Crippen molar-refractivity contribution in [2.24, 2.45) is 17.8 Å². The quantitative estimate of drug-likeness (QED) is 0.600. The molecule has 0 aromatic carbocycles. The monoisotopic (exact) mass is 152 g/mol. The molecule has 2 saturated carbocycles. The molecule has 2 bridgehead atoms. The zero-order valence-electron chi connectivity index (χ0n) is 6.87. The summed E-state index contributed by atoms with van der Waals surface area (Å²) in [7, 11) is 0. The lowest BCUT2D eigenvalue weighted by molar-refractivity contribution is 0.0956. The average Bonchev–Trinajstić information content (AvgIpc) is 2.47. The molecule has 0 amide bonds. The normalized spacial score (nSPS) is 48.1. The highest BCUT2D eigenvalue weighted by Gasteiger charge is 2.44. The topological polar surface area (TPSA) is 20.2 Å². The van der Waals surface area contributed by atoms with Crippen LogP contribution in [0.3, 0.4) is 0 Å². The van der Waals surface area contributed by atoms with E-state index >= 15 is 0 Å². The lowest BCUT2D eigenvalue weighted by Crippen LogP contribution is -2.21. The van der Waals surface area contributed by atoms with E-state index < -0.39 is 0 Å². The number of fused-ring (bicyclic) bond motifs is 2. The molecule has 2 rings (SSSR count). The van der Waals surface area contributed by atoms with Gasteiger partial charge in [0.15, 0.2) is 0 Å². The first kappa shape index (κ1) is 7.35. The molecule has 0 aromatic heterocycles. The maximum absolute atomic E-state index is 9.48. The van der Waals surface area contributed by atoms with Gasteiger partial charge in [-0.05, 0) is 43.4 Å². The van der Waals surface area contributed by atoms with E-state index in [0.717, 1.165) is 24.7 Å². The van der Waals surface area contributed by atoms with E-state index in [1.54, 1.807) is 0 Å². The van der Waals surface area contributed by atoms with Crippen LogP contribution < -0.4 is 0 Å². The first-order valence-corrected chi connectivity index (χ1v) is 4.60. The fourth-order valence-corrected chi connectivity index (χ4v) is 2.87. The Kier molecular flexibility index (Phi) is 1.76. The van der Waals surface area contributed by atoms with Crippen molar-refractivity contribution < 1.29 is 5.11 Å². The summed E-state index contributed by atoms with van der Waals surface area (Å²) in [6.45, 7) is 3.76. The van der Waals surface area contributed by atoms with Crippen LogP contribution in [-0.4, -0.2) is 11.2 Å². The molecule has 0 heterocycles. The standard InChI is InChI=1S/C10H16O/c1-2-3-7-4-9-5-8(7)6-10(9)11/h2,7-11H,1,3-6H2/t7-,8-,9+,10-/m0/s1. The van der Waals surface area contributed by atoms with Crippen molar-refractivity contribution in [1.29, 1.82) is 0 Å². The third-order valence-electron chi connectivity index (χ3n) is 3.44. The van der Waals surface area contributed by atoms with Crippen molar-refractivity contribution in [3.63, 3.8) is 0 Å². The molecule has 0 radical (unpaired) electrons. The van der Waals surface area contributed by atoms with Gasteiger partial charge in [-0.1, -0.05) is 6.08 Å². The second kappa shape index (κ2) is 2.63. The molecule has 62 valence electrons. The Morgan fingerprint density at radius 3 is 2.55 bits per heavy atom. The zero-order chi connectivity index (χ0) is 7.84. The van der Waals surface area contributed by atoms with Crippen molar-refractivity contribution in [3.8, 4) is 0 Å². The number of rotatable bonds is 2. The minimum atomic E-state index is 0.0288. The van der Waals surface area contributed by atoms with Crippen molar-refractivity contribution in [2.45, 2.75) is 31.8 Å². The fourth-order valence-electron chi connectivity index (χ4n) is 2.87. The van der Waals surface area contributed by atoms with Gasteiger partial charge in [-0.15, -0.1) is 6.58 Å². The molecule has 0 aliphatic heterocycles. The minimum Gasteiger partial charge on any atom is -0.393 e. The van der Waals surface area contributed by atoms with Crippen LogP contribution in [0.15, 0.2) is 12.7 Å². The van der Waals surface area contributed by atoms with Crippen LogP contribution in [-0.2, 0) is 0 Å². The number of aliphatic hydroxyl groups excluding tert-OH is 1. The summed E-state index contributed by atoms with van der Waals surface area (Å²) in [5.41, 5.74) is 0. The first-order valence-electron chi connectivity index (χ1n) is 4.60. The van der Waals surface area contributed by atoms with Gasteiger partial charge in [-0.3, -0.25) is 0 Å². The van der Waals surface area contributed by atoms with Gasteiger partial charge in [0.25, 0.3) is 0 Å². The van der Waals surface area contributed by atoms with E-state index in [-0.39, 0.29) is 6.10 Å². The molecule has 2 fully saturated rings. The third-order valence-corrected chi connectivity index (χ3v) is 3.44. The van der Waals surface area contributed by atoms with Crippen molar-refractivity contribution in [2.75, 3.05) is 0 Å². The van der Waals surface area contributed by atoms with Crippen LogP contribution >= 0.6 is 0 Å². The highest BCUT2D eigenvalue weighted by molar-refractivity contribution is 4.96. The lowest BCUT2D eigenvalue weighted by Gasteiger charge is -2.23. The Morgan fingerprint density at radius 2 is 2.09 bits per heavy atom. The number of hydrogen-bond acceptors (Lipinski definition) is 1. The van der Waals surface area contributed by atoms with Gasteiger partial charge in [0.05, 0.1) is 6.10 Å². The Balaban J connectivity index is 1.97. The van der Waals surface area contributed by atoms with Gasteiger partial charge in [0.2, 0.25) is 0 Å². The molecular formula is C10H16O. The summed E-state index contributed by atoms with van der Waals surface area (Å²) >= 11 is 0. The van der Waals surface area contributed by atoms with E-state index in [1.165, 1.54) is 12.8 Å². The van der Waals surface area contributed by atoms with Gasteiger partial charge in [0, 0.05) is 0 Å². The van der Waals surface area contributed by atoms with Crippen LogP contribution in [0.4, 0.5) is 0 Å². The molecule has 0 spiro atoms. The van der Waals surface area contributed by atoms with E-state index in [9.17, 15) is 5.11 Å². The smallest absolute Gasteiger partial charge is 0.0571 e. The molecule has 0 saturated heterocycles. The van der Waals surface area contributed by atoms with Gasteiger partial charge in [0.1, 0.15) is 0 Å². The Hall–Kier alpha value is -0.300. The molecule has 1 nitrogen and oxygen atoms in total. The summed E-state index contributed by atoms with van der Waals surface area (Å²) < 4.78 is 0. The van der Waals surface area contributed by atoms with Crippen LogP contribution in [0.2, 0.25) is 0 Å². The van der Waals surface area contributed by atoms with Gasteiger partial charge in [-0.25, -0.2) is 0 Å². The zero-order valence-corrected chi connectivity index (χ0v) is 6.87. The molecule has 2 aliphatic carbocycles. The van der Waals surface area contributed by atoms with Crippen molar-refractivity contribution >= 4 is 0 Å². The highest BCUT2D eigenvalue weighted by atomic mass is 16.3. The first-order chi connectivity index (χ1) is 5.31. The summed E-state index contributed by atoms with van der Waals surface area (Å²) in [5.74, 6) is 2.29. The predicted molar refractivity (Wildman–Crippen MR) is 45.1 cm³/mol. The number of hydrogen-bond donors (Lipinski definition) is 1. The molecular weight excluding hydrogens is 136 g/mol. The largest absolute Gasteiger partial charge is 0.393 e. The summed E-state index contributed by atoms with van der Waals surface area (Å²) in [6.07, 6.45) is 6.80. The summed E-state index contributed by atoms with van der Waals surface area (Å²) in [4.78, 5) is 0. The van der Waals surface area contributed by atoms with Gasteiger partial charge >= 0.3 is 0 Å². The number of aliphatic hydroxyl groups is 1. The minimum absolute atomic E-state index is 0.0288. The fraction of sp³-hybridized carbons (Fsp3) is 0.800. The second-order valence-electron chi connectivity index (χ2n) is 4.08. The molecule has 2 aliphatic rings. The summed E-state index contributed by atoms with van der Waals surface area (Å²) in [5, 5.41) is 9.48. The van der Waals surface area contributed by atoms with E-state index in [0.29, 0.717) is 5.92 Å². The molecule has 0 aromatic rings. The Labute approximate surface area is 68.1 Å². The Bertz CT molecular complexity index is 162. The Morgan fingerprint density at radius 1 is 1.27 bits per heavy atom. The lowest BCUT2D eigenvalue weighted by atomic mass is 9.85. The van der Waals surface area contributed by atoms with Crippen molar-refractivity contribution in [1.82, 2.24) is 0 Å². The van der Waals surface area contributed by atoms with E-state index in [1.807, 2.05) is 6.08 Å². The average molecular weight is 152 g/mol. The maximum Gasteiger partial charge on any atom is 0.0571 e. The van der Waals surface area contributed by atoms with E-state index in [2.05, 4.69) is 6.58 Å². The SMILES string of the molecule is C=CC[C@H]1C[C@@H]2C[C@H]1C[C@@H]2O. The molecule has 4 atom stereocenters. The molecule has 1 N–H and O–H groups in total. The van der Waals surface area contributed by atoms with Gasteiger partial charge < -0.3 is 5.11 Å². The van der Waals surface area contributed by atoms with Crippen molar-refractivity contribution in [3.05, 3.63) is 12.7 Å². The highest BCUT2D eigenvalue weighted by Crippen LogP contribution is 2.49. The molecule has 1 heteroatoms. The maximum atomic E-state index is 9.48. The van der Waals surface area contributed by atoms with Gasteiger partial charge in [-0.2, -0.15) is 0 Å². The number of allylic oxidation sites excluding steroid dienone is 1. The van der Waals surface area contributed by atoms with Crippen LogP contribution in [0, 0.1) is 17.8 Å². The third kappa shape index (κ3) is 1.12. The van der Waals surface area contributed by atoms with E-state index in [4.69, 9.17) is 0 Å². The van der Waals surface area contributed by atoms with Crippen LogP contribution in [0.25, 0.3) is 0 Å². The molecule has 11 heavy (non-hydrogen) atoms.